The minimum Gasteiger partial charge on any atom is -0.303 e. The number of fused-ring (bicyclic) bond motifs is 1. The molecule has 4 atom stereocenters. The monoisotopic (exact) mass is 278 g/mol. The zero-order chi connectivity index (χ0) is 14.1. The van der Waals surface area contributed by atoms with Crippen LogP contribution < -0.4 is 0 Å². The second-order valence-corrected chi connectivity index (χ2v) is 6.44. The highest BCUT2D eigenvalue weighted by atomic mass is 19.1. The van der Waals surface area contributed by atoms with E-state index >= 15 is 0 Å². The third-order valence-corrected chi connectivity index (χ3v) is 5.20. The molecule has 0 saturated heterocycles. The van der Waals surface area contributed by atoms with Gasteiger partial charge in [-0.2, -0.15) is 0 Å². The zero-order valence-corrected chi connectivity index (χ0v) is 11.5. The Hall–Kier alpha value is -1.25. The van der Waals surface area contributed by atoms with Crippen molar-refractivity contribution in [2.24, 2.45) is 17.8 Å². The van der Waals surface area contributed by atoms with Crippen LogP contribution in [0.15, 0.2) is 18.2 Å². The lowest BCUT2D eigenvalue weighted by molar-refractivity contribution is -0.113. The highest BCUT2D eigenvalue weighted by molar-refractivity contribution is 5.53. The van der Waals surface area contributed by atoms with Gasteiger partial charge in [-0.05, 0) is 74.0 Å². The van der Waals surface area contributed by atoms with E-state index < -0.39 is 11.6 Å². The molecule has 20 heavy (non-hydrogen) atoms. The Balaban J connectivity index is 1.71. The first kappa shape index (κ1) is 13.7. The van der Waals surface area contributed by atoms with E-state index in [1.54, 1.807) is 0 Å². The Kier molecular flexibility index (Phi) is 3.86. The van der Waals surface area contributed by atoms with Gasteiger partial charge in [0.25, 0.3) is 0 Å². The summed E-state index contributed by atoms with van der Waals surface area (Å²) >= 11 is 0. The van der Waals surface area contributed by atoms with Crippen molar-refractivity contribution in [1.82, 2.24) is 0 Å². The number of carbonyl (C=O) groups is 1. The number of rotatable bonds is 2. The summed E-state index contributed by atoms with van der Waals surface area (Å²) in [5, 5.41) is 0. The molecule has 2 aliphatic rings. The van der Waals surface area contributed by atoms with Crippen LogP contribution >= 0.6 is 0 Å². The lowest BCUT2D eigenvalue weighted by atomic mass is 9.64. The van der Waals surface area contributed by atoms with Crippen molar-refractivity contribution in [3.05, 3.63) is 35.4 Å². The Bertz CT molecular complexity index is 480. The van der Waals surface area contributed by atoms with Gasteiger partial charge < -0.3 is 4.79 Å². The average Bonchev–Trinajstić information content (AvgIpc) is 2.45. The molecule has 1 aromatic carbocycles. The van der Waals surface area contributed by atoms with E-state index in [2.05, 4.69) is 0 Å². The topological polar surface area (TPSA) is 17.1 Å². The molecule has 1 aromatic rings. The van der Waals surface area contributed by atoms with Gasteiger partial charge in [0.15, 0.2) is 0 Å². The highest BCUT2D eigenvalue weighted by Crippen LogP contribution is 2.47. The number of benzene rings is 1. The van der Waals surface area contributed by atoms with Gasteiger partial charge in [-0.25, -0.2) is 8.78 Å². The molecule has 2 fully saturated rings. The molecule has 0 aliphatic heterocycles. The largest absolute Gasteiger partial charge is 0.303 e. The summed E-state index contributed by atoms with van der Waals surface area (Å²) in [7, 11) is 0. The van der Waals surface area contributed by atoms with E-state index in [9.17, 15) is 13.6 Å². The first-order valence-electron chi connectivity index (χ1n) is 7.57. The lowest BCUT2D eigenvalue weighted by Crippen LogP contribution is -2.30. The quantitative estimate of drug-likeness (QED) is 0.730. The highest BCUT2D eigenvalue weighted by Gasteiger charge is 2.36. The second kappa shape index (κ2) is 5.63. The summed E-state index contributed by atoms with van der Waals surface area (Å²) in [6, 6.07) is 3.89. The molecule has 3 rings (SSSR count). The molecule has 0 heterocycles. The van der Waals surface area contributed by atoms with Gasteiger partial charge in [0.2, 0.25) is 0 Å². The molecule has 1 nitrogen and oxygen atoms in total. The molecular formula is C17H20F2O. The van der Waals surface area contributed by atoms with Crippen molar-refractivity contribution >= 4 is 6.29 Å². The maximum Gasteiger partial charge on any atom is 0.126 e. The molecule has 2 aliphatic carbocycles. The minimum absolute atomic E-state index is 0.236. The summed E-state index contributed by atoms with van der Waals surface area (Å²) < 4.78 is 26.7. The van der Waals surface area contributed by atoms with E-state index in [-0.39, 0.29) is 11.8 Å². The Morgan fingerprint density at radius 3 is 2.25 bits per heavy atom. The normalized spacial score (nSPS) is 33.5. The molecule has 3 heteroatoms. The first-order chi connectivity index (χ1) is 9.65. The first-order valence-corrected chi connectivity index (χ1v) is 7.57. The van der Waals surface area contributed by atoms with Crippen LogP contribution in [0.2, 0.25) is 0 Å². The second-order valence-electron chi connectivity index (χ2n) is 6.44. The van der Waals surface area contributed by atoms with Gasteiger partial charge in [0, 0.05) is 12.0 Å². The third kappa shape index (κ3) is 2.77. The van der Waals surface area contributed by atoms with E-state index in [1.807, 2.05) is 0 Å². The average molecular weight is 278 g/mol. The van der Waals surface area contributed by atoms with E-state index in [0.717, 1.165) is 56.4 Å². The lowest BCUT2D eigenvalue weighted by Gasteiger charge is -2.41. The predicted octanol–water partition coefficient (Wildman–Crippen LogP) is 4.46. The van der Waals surface area contributed by atoms with Crippen LogP contribution in [-0.2, 0) is 4.79 Å². The van der Waals surface area contributed by atoms with E-state index in [1.165, 1.54) is 12.1 Å². The van der Waals surface area contributed by atoms with Crippen molar-refractivity contribution < 1.29 is 13.6 Å². The summed E-state index contributed by atoms with van der Waals surface area (Å²) in [4.78, 5) is 10.9. The molecule has 0 spiro atoms. The molecule has 0 amide bonds. The van der Waals surface area contributed by atoms with Gasteiger partial charge in [-0.1, -0.05) is 0 Å². The molecule has 4 unspecified atom stereocenters. The predicted molar refractivity (Wildman–Crippen MR) is 73.3 cm³/mol. The Morgan fingerprint density at radius 1 is 0.900 bits per heavy atom. The van der Waals surface area contributed by atoms with Crippen molar-refractivity contribution in [3.63, 3.8) is 0 Å². The number of hydrogen-bond donors (Lipinski definition) is 0. The summed E-state index contributed by atoms with van der Waals surface area (Å²) in [5.41, 5.74) is 0.804. The maximum absolute atomic E-state index is 13.3. The summed E-state index contributed by atoms with van der Waals surface area (Å²) in [6.45, 7) is 0. The summed E-state index contributed by atoms with van der Waals surface area (Å²) in [5.74, 6) is 0.803. The van der Waals surface area contributed by atoms with Crippen LogP contribution in [0.5, 0.6) is 0 Å². The fourth-order valence-electron chi connectivity index (χ4n) is 4.16. The zero-order valence-electron chi connectivity index (χ0n) is 11.5. The smallest absolute Gasteiger partial charge is 0.126 e. The molecule has 0 bridgehead atoms. The molecule has 0 aromatic heterocycles. The Morgan fingerprint density at radius 2 is 1.55 bits per heavy atom. The van der Waals surface area contributed by atoms with Crippen molar-refractivity contribution in [2.75, 3.05) is 0 Å². The van der Waals surface area contributed by atoms with Gasteiger partial charge in [0.1, 0.15) is 17.9 Å². The van der Waals surface area contributed by atoms with Gasteiger partial charge >= 0.3 is 0 Å². The van der Waals surface area contributed by atoms with Gasteiger partial charge in [0.05, 0.1) is 0 Å². The number of halogens is 2. The van der Waals surface area contributed by atoms with E-state index in [4.69, 9.17) is 0 Å². The standard InChI is InChI=1S/C17H20F2O/c18-16-7-15(8-17(19)9-16)14-4-3-12-5-11(10-20)1-2-13(12)6-14/h7-14H,1-6H2. The Labute approximate surface area is 118 Å². The SMILES string of the molecule is O=CC1CCC2CC(c3cc(F)cc(F)c3)CCC2C1. The number of carbonyl (C=O) groups excluding carboxylic acids is 1. The van der Waals surface area contributed by atoms with Crippen LogP contribution in [0.3, 0.4) is 0 Å². The molecule has 0 radical (unpaired) electrons. The molecule has 2 saturated carbocycles. The van der Waals surface area contributed by atoms with Gasteiger partial charge in [-0.15, -0.1) is 0 Å². The van der Waals surface area contributed by atoms with Crippen molar-refractivity contribution in [1.29, 1.82) is 0 Å². The van der Waals surface area contributed by atoms with Crippen LogP contribution in [0.25, 0.3) is 0 Å². The molecule has 108 valence electrons. The third-order valence-electron chi connectivity index (χ3n) is 5.20. The number of hydrogen-bond acceptors (Lipinski definition) is 1. The van der Waals surface area contributed by atoms with Crippen molar-refractivity contribution in [2.45, 2.75) is 44.4 Å². The van der Waals surface area contributed by atoms with Crippen LogP contribution in [-0.4, -0.2) is 6.29 Å². The molecule has 0 N–H and O–H groups in total. The van der Waals surface area contributed by atoms with Crippen LogP contribution in [0, 0.1) is 29.4 Å². The summed E-state index contributed by atoms with van der Waals surface area (Å²) in [6.07, 6.45) is 7.26. The van der Waals surface area contributed by atoms with Gasteiger partial charge in [-0.3, -0.25) is 0 Å². The number of aldehydes is 1. The minimum atomic E-state index is -0.480. The maximum atomic E-state index is 13.3. The van der Waals surface area contributed by atoms with E-state index in [0.29, 0.717) is 11.8 Å². The fraction of sp³-hybridized carbons (Fsp3) is 0.588. The molecular weight excluding hydrogens is 258 g/mol. The van der Waals surface area contributed by atoms with Crippen LogP contribution in [0.1, 0.15) is 50.0 Å². The van der Waals surface area contributed by atoms with Crippen molar-refractivity contribution in [3.8, 4) is 0 Å². The van der Waals surface area contributed by atoms with Crippen LogP contribution in [0.4, 0.5) is 8.78 Å². The fourth-order valence-corrected chi connectivity index (χ4v) is 4.16.